The average Bonchev–Trinajstić information content (AvgIpc) is 3.36. The van der Waals surface area contributed by atoms with Crippen LogP contribution in [0.15, 0.2) is 35.3 Å². The van der Waals surface area contributed by atoms with Crippen LogP contribution in [0.25, 0.3) is 10.6 Å². The van der Waals surface area contributed by atoms with Gasteiger partial charge in [0.15, 0.2) is 5.96 Å². The van der Waals surface area contributed by atoms with E-state index in [1.807, 2.05) is 6.07 Å². The zero-order valence-electron chi connectivity index (χ0n) is 18.1. The molecule has 1 aliphatic rings. The third kappa shape index (κ3) is 7.18. The number of nitrogens with zero attached hydrogens (tertiary/aromatic N) is 3. The van der Waals surface area contributed by atoms with E-state index in [2.05, 4.69) is 48.3 Å². The van der Waals surface area contributed by atoms with Crippen LogP contribution in [0.1, 0.15) is 23.9 Å². The van der Waals surface area contributed by atoms with Gasteiger partial charge in [0, 0.05) is 43.1 Å². The van der Waals surface area contributed by atoms with Crippen LogP contribution < -0.4 is 5.32 Å². The van der Waals surface area contributed by atoms with Gasteiger partial charge in [0.2, 0.25) is 0 Å². The molecular weight excluding hydrogens is 511 g/mol. The lowest BCUT2D eigenvalue weighted by Crippen LogP contribution is -2.40. The summed E-state index contributed by atoms with van der Waals surface area (Å²) in [5.41, 5.74) is 2.23. The van der Waals surface area contributed by atoms with E-state index in [0.717, 1.165) is 49.3 Å². The van der Waals surface area contributed by atoms with E-state index in [1.54, 1.807) is 18.4 Å². The molecule has 166 valence electrons. The van der Waals surface area contributed by atoms with E-state index in [1.165, 1.54) is 10.4 Å². The molecule has 0 spiro atoms. The molecule has 2 heterocycles. The fourth-order valence-corrected chi connectivity index (χ4v) is 4.40. The fourth-order valence-electron chi connectivity index (χ4n) is 3.40. The van der Waals surface area contributed by atoms with E-state index in [9.17, 15) is 0 Å². The van der Waals surface area contributed by atoms with Crippen LogP contribution >= 0.6 is 35.3 Å². The molecule has 1 atom stereocenters. The molecule has 0 saturated carbocycles. The first-order valence-electron chi connectivity index (χ1n) is 10.3. The Balaban J connectivity index is 0.00000320. The summed E-state index contributed by atoms with van der Waals surface area (Å²) in [4.78, 5) is 13.2. The maximum absolute atomic E-state index is 5.72. The minimum atomic E-state index is 0. The molecule has 1 unspecified atom stereocenters. The second-order valence-electron chi connectivity index (χ2n) is 7.23. The van der Waals surface area contributed by atoms with Crippen LogP contribution in [0.5, 0.6) is 0 Å². The Morgan fingerprint density at radius 1 is 1.30 bits per heavy atom. The lowest BCUT2D eigenvalue weighted by Gasteiger charge is -2.21. The Morgan fingerprint density at radius 2 is 2.10 bits per heavy atom. The van der Waals surface area contributed by atoms with Crippen LogP contribution in [0.4, 0.5) is 0 Å². The molecule has 1 aliphatic heterocycles. The fraction of sp³-hybridized carbons (Fsp3) is 0.545. The highest BCUT2D eigenvalue weighted by Gasteiger charge is 2.25. The molecule has 1 N–H and O–H groups in total. The Labute approximate surface area is 201 Å². The number of nitrogens with one attached hydrogen (secondary N) is 1. The first-order chi connectivity index (χ1) is 14.2. The van der Waals surface area contributed by atoms with Crippen LogP contribution in [-0.2, 0) is 16.0 Å². The molecule has 0 bridgehead atoms. The Kier molecular flexibility index (Phi) is 11.0. The van der Waals surface area contributed by atoms with Crippen molar-refractivity contribution in [3.63, 3.8) is 0 Å². The molecule has 1 aromatic carbocycles. The zero-order valence-corrected chi connectivity index (χ0v) is 21.2. The van der Waals surface area contributed by atoms with Crippen LogP contribution in [0, 0.1) is 12.8 Å². The first kappa shape index (κ1) is 25.0. The largest absolute Gasteiger partial charge is 0.382 e. The zero-order chi connectivity index (χ0) is 20.5. The number of methoxy groups -OCH3 is 1. The Hall–Kier alpha value is -1.23. The monoisotopic (exact) mass is 544 g/mol. The minimum Gasteiger partial charge on any atom is -0.382 e. The van der Waals surface area contributed by atoms with E-state index >= 15 is 0 Å². The third-order valence-corrected chi connectivity index (χ3v) is 6.18. The van der Waals surface area contributed by atoms with Gasteiger partial charge in [0.05, 0.1) is 32.1 Å². The standard InChI is InChI=1S/C22H32N4O2S.HI/c1-4-23-22(26-11-10-18(15-26)16-28-13-12-27-3)24-14-20-17(2)25-21(29-20)19-8-6-5-7-9-19;/h5-9,18H,4,10-16H2,1-3H3,(H,23,24);1H. The predicted molar refractivity (Wildman–Crippen MR) is 135 cm³/mol. The van der Waals surface area contributed by atoms with Crippen molar-refractivity contribution in [2.45, 2.75) is 26.8 Å². The summed E-state index contributed by atoms with van der Waals surface area (Å²) < 4.78 is 10.8. The van der Waals surface area contributed by atoms with Crippen molar-refractivity contribution in [3.05, 3.63) is 40.9 Å². The second kappa shape index (κ2) is 13.2. The quantitative estimate of drug-likeness (QED) is 0.222. The van der Waals surface area contributed by atoms with Crippen LogP contribution in [0.3, 0.4) is 0 Å². The van der Waals surface area contributed by atoms with Gasteiger partial charge in [-0.15, -0.1) is 35.3 Å². The number of aliphatic imine (C=N–C) groups is 1. The number of guanidine groups is 1. The van der Waals surface area contributed by atoms with Gasteiger partial charge < -0.3 is 19.7 Å². The number of aryl methyl sites for hydroxylation is 1. The summed E-state index contributed by atoms with van der Waals surface area (Å²) in [7, 11) is 1.70. The third-order valence-electron chi connectivity index (χ3n) is 4.99. The highest BCUT2D eigenvalue weighted by Crippen LogP contribution is 2.28. The van der Waals surface area contributed by atoms with Crippen molar-refractivity contribution in [2.75, 3.05) is 46.6 Å². The number of aromatic nitrogens is 1. The van der Waals surface area contributed by atoms with Gasteiger partial charge in [0.1, 0.15) is 5.01 Å². The average molecular weight is 545 g/mol. The molecular formula is C22H33IN4O2S. The van der Waals surface area contributed by atoms with Crippen molar-refractivity contribution in [1.82, 2.24) is 15.2 Å². The maximum atomic E-state index is 5.72. The summed E-state index contributed by atoms with van der Waals surface area (Å²) in [6, 6.07) is 10.3. The summed E-state index contributed by atoms with van der Waals surface area (Å²) in [5, 5.41) is 4.51. The number of thiazole rings is 1. The van der Waals surface area contributed by atoms with Gasteiger partial charge in [-0.1, -0.05) is 30.3 Å². The van der Waals surface area contributed by atoms with Gasteiger partial charge in [-0.3, -0.25) is 0 Å². The van der Waals surface area contributed by atoms with Crippen LogP contribution in [-0.4, -0.2) is 62.4 Å². The lowest BCUT2D eigenvalue weighted by atomic mass is 10.1. The summed E-state index contributed by atoms with van der Waals surface area (Å²) >= 11 is 1.74. The van der Waals surface area contributed by atoms with Crippen LogP contribution in [0.2, 0.25) is 0 Å². The van der Waals surface area contributed by atoms with Crippen molar-refractivity contribution in [3.8, 4) is 10.6 Å². The van der Waals surface area contributed by atoms with E-state index < -0.39 is 0 Å². The number of rotatable bonds is 9. The second-order valence-corrected chi connectivity index (χ2v) is 8.32. The number of halogens is 1. The minimum absolute atomic E-state index is 0. The lowest BCUT2D eigenvalue weighted by molar-refractivity contribution is 0.0536. The van der Waals surface area contributed by atoms with Crippen molar-refractivity contribution < 1.29 is 9.47 Å². The summed E-state index contributed by atoms with van der Waals surface area (Å²) in [6.45, 7) is 9.80. The van der Waals surface area contributed by atoms with E-state index in [4.69, 9.17) is 19.5 Å². The molecule has 8 heteroatoms. The van der Waals surface area contributed by atoms with Gasteiger partial charge in [-0.25, -0.2) is 9.98 Å². The topological polar surface area (TPSA) is 59.0 Å². The molecule has 30 heavy (non-hydrogen) atoms. The maximum Gasteiger partial charge on any atom is 0.194 e. The highest BCUT2D eigenvalue weighted by atomic mass is 127. The van der Waals surface area contributed by atoms with Crippen molar-refractivity contribution in [2.24, 2.45) is 10.9 Å². The molecule has 1 fully saturated rings. The predicted octanol–water partition coefficient (Wildman–Crippen LogP) is 4.19. The highest BCUT2D eigenvalue weighted by molar-refractivity contribution is 14.0. The van der Waals surface area contributed by atoms with Gasteiger partial charge in [0.25, 0.3) is 0 Å². The van der Waals surface area contributed by atoms with E-state index in [-0.39, 0.29) is 24.0 Å². The Morgan fingerprint density at radius 3 is 2.83 bits per heavy atom. The smallest absolute Gasteiger partial charge is 0.194 e. The molecule has 2 aromatic rings. The summed E-state index contributed by atoms with van der Waals surface area (Å²) in [5.74, 6) is 1.53. The number of likely N-dealkylation sites (tertiary alicyclic amines) is 1. The normalized spacial score (nSPS) is 16.6. The molecule has 1 saturated heterocycles. The number of benzene rings is 1. The number of hydrogen-bond acceptors (Lipinski definition) is 5. The Bertz CT molecular complexity index is 785. The molecule has 6 nitrogen and oxygen atoms in total. The van der Waals surface area contributed by atoms with Crippen molar-refractivity contribution >= 4 is 41.3 Å². The SMILES string of the molecule is CCNC(=NCc1sc(-c2ccccc2)nc1C)N1CCC(COCCOC)C1.I. The number of hydrogen-bond donors (Lipinski definition) is 1. The molecule has 3 rings (SSSR count). The van der Waals surface area contributed by atoms with Gasteiger partial charge in [-0.2, -0.15) is 0 Å². The molecule has 0 radical (unpaired) electrons. The van der Waals surface area contributed by atoms with Gasteiger partial charge in [-0.05, 0) is 20.3 Å². The van der Waals surface area contributed by atoms with Crippen molar-refractivity contribution in [1.29, 1.82) is 0 Å². The van der Waals surface area contributed by atoms with E-state index in [0.29, 0.717) is 25.7 Å². The van der Waals surface area contributed by atoms with Gasteiger partial charge >= 0.3 is 0 Å². The molecule has 0 amide bonds. The molecule has 0 aliphatic carbocycles. The molecule has 1 aromatic heterocycles. The summed E-state index contributed by atoms with van der Waals surface area (Å²) in [6.07, 6.45) is 1.13. The first-order valence-corrected chi connectivity index (χ1v) is 11.1. The number of ether oxygens (including phenoxy) is 2.